The van der Waals surface area contributed by atoms with Crippen LogP contribution in [0.25, 0.3) is 0 Å². The van der Waals surface area contributed by atoms with Crippen molar-refractivity contribution in [3.63, 3.8) is 0 Å². The van der Waals surface area contributed by atoms with Crippen molar-refractivity contribution in [1.29, 1.82) is 0 Å². The number of hydrogen-bond donors (Lipinski definition) is 2. The van der Waals surface area contributed by atoms with E-state index >= 15 is 0 Å². The molecule has 0 bridgehead atoms. The van der Waals surface area contributed by atoms with Crippen LogP contribution in [0.15, 0.2) is 23.2 Å². The molecule has 1 rings (SSSR count). The Kier molecular flexibility index (Phi) is 10.1. The van der Waals surface area contributed by atoms with Gasteiger partial charge in [0.2, 0.25) is 0 Å². The molecule has 0 aromatic heterocycles. The van der Waals surface area contributed by atoms with Crippen molar-refractivity contribution in [2.24, 2.45) is 4.99 Å². The molecule has 0 fully saturated rings. The molecular weight excluding hydrogens is 322 g/mol. The van der Waals surface area contributed by atoms with Gasteiger partial charge in [0.25, 0.3) is 0 Å². The minimum atomic E-state index is 0.411. The van der Waals surface area contributed by atoms with Gasteiger partial charge >= 0.3 is 0 Å². The molecule has 1 aromatic rings. The molecule has 1 unspecified atom stereocenters. The maximum absolute atomic E-state index is 4.37. The Morgan fingerprint density at radius 3 is 2.42 bits per heavy atom. The van der Waals surface area contributed by atoms with Crippen molar-refractivity contribution in [2.75, 3.05) is 45.7 Å². The number of nitrogens with one attached hydrogen (secondary N) is 2. The third kappa shape index (κ3) is 7.65. The molecule has 0 amide bonds. The molecule has 0 aliphatic carbocycles. The molecule has 0 saturated heterocycles. The average molecular weight is 362 g/mol. The maximum Gasteiger partial charge on any atom is 0.191 e. The second-order valence-corrected chi connectivity index (χ2v) is 7.15. The first-order valence-electron chi connectivity index (χ1n) is 9.87. The summed E-state index contributed by atoms with van der Waals surface area (Å²) in [6, 6.07) is 6.99. The Labute approximate surface area is 160 Å². The third-order valence-electron chi connectivity index (χ3n) is 4.90. The normalized spacial score (nSPS) is 13.0. The molecule has 0 aliphatic rings. The third-order valence-corrected chi connectivity index (χ3v) is 4.90. The van der Waals surface area contributed by atoms with Gasteiger partial charge in [-0.15, -0.1) is 0 Å². The average Bonchev–Trinajstić information content (AvgIpc) is 2.62. The first-order chi connectivity index (χ1) is 12.4. The second-order valence-electron chi connectivity index (χ2n) is 7.15. The van der Waals surface area contributed by atoms with Crippen molar-refractivity contribution in [1.82, 2.24) is 15.5 Å². The molecule has 0 heterocycles. The maximum atomic E-state index is 4.37. The van der Waals surface area contributed by atoms with Crippen molar-refractivity contribution in [2.45, 2.75) is 53.1 Å². The van der Waals surface area contributed by atoms with E-state index in [-0.39, 0.29) is 0 Å². The van der Waals surface area contributed by atoms with E-state index in [9.17, 15) is 0 Å². The number of benzene rings is 1. The summed E-state index contributed by atoms with van der Waals surface area (Å²) in [5.41, 5.74) is 3.83. The predicted molar refractivity (Wildman–Crippen MR) is 115 cm³/mol. The summed E-state index contributed by atoms with van der Waals surface area (Å²) in [6.07, 6.45) is 2.35. The van der Waals surface area contributed by atoms with Gasteiger partial charge in [-0.05, 0) is 69.6 Å². The molecule has 1 atom stereocenters. The molecular formula is C21H39N5. The standard InChI is InChI=1S/C21H39N5/c1-8-26(9-2)14-10-11-18(4)24-21(22-5)23-16-19-12-13-20(25(6)7)15-17(19)3/h12-13,15,18H,8-11,14,16H2,1-7H3,(H2,22,23,24). The Balaban J connectivity index is 2.45. The molecule has 26 heavy (non-hydrogen) atoms. The van der Waals surface area contributed by atoms with Crippen LogP contribution in [0.4, 0.5) is 5.69 Å². The fourth-order valence-corrected chi connectivity index (χ4v) is 3.00. The van der Waals surface area contributed by atoms with Gasteiger partial charge in [-0.25, -0.2) is 0 Å². The lowest BCUT2D eigenvalue weighted by Crippen LogP contribution is -2.42. The van der Waals surface area contributed by atoms with Gasteiger partial charge in [-0.2, -0.15) is 0 Å². The number of anilines is 1. The Morgan fingerprint density at radius 2 is 1.88 bits per heavy atom. The predicted octanol–water partition coefficient (Wildman–Crippen LogP) is 3.24. The van der Waals surface area contributed by atoms with Gasteiger partial charge in [0.05, 0.1) is 0 Å². The van der Waals surface area contributed by atoms with Crippen LogP contribution in [0.5, 0.6) is 0 Å². The zero-order chi connectivity index (χ0) is 19.5. The van der Waals surface area contributed by atoms with Gasteiger partial charge in [0, 0.05) is 39.4 Å². The van der Waals surface area contributed by atoms with Gasteiger partial charge in [-0.1, -0.05) is 19.9 Å². The van der Waals surface area contributed by atoms with Crippen LogP contribution < -0.4 is 15.5 Å². The van der Waals surface area contributed by atoms with Crippen LogP contribution in [0.1, 0.15) is 44.7 Å². The van der Waals surface area contributed by atoms with E-state index in [1.165, 1.54) is 29.8 Å². The summed E-state index contributed by atoms with van der Waals surface area (Å²) in [6.45, 7) is 13.1. The largest absolute Gasteiger partial charge is 0.378 e. The van der Waals surface area contributed by atoms with Crippen LogP contribution >= 0.6 is 0 Å². The van der Waals surface area contributed by atoms with E-state index in [1.54, 1.807) is 0 Å². The quantitative estimate of drug-likeness (QED) is 0.496. The van der Waals surface area contributed by atoms with E-state index in [2.05, 4.69) is 85.4 Å². The molecule has 5 heteroatoms. The molecule has 2 N–H and O–H groups in total. The van der Waals surface area contributed by atoms with Crippen LogP contribution in [-0.2, 0) is 6.54 Å². The Morgan fingerprint density at radius 1 is 1.19 bits per heavy atom. The number of hydrogen-bond acceptors (Lipinski definition) is 3. The van der Waals surface area contributed by atoms with Crippen LogP contribution in [0, 0.1) is 6.92 Å². The highest BCUT2D eigenvalue weighted by molar-refractivity contribution is 5.79. The van der Waals surface area contributed by atoms with Crippen LogP contribution in [0.2, 0.25) is 0 Å². The molecule has 0 spiro atoms. The van der Waals surface area contributed by atoms with Crippen molar-refractivity contribution >= 4 is 11.6 Å². The van der Waals surface area contributed by atoms with Gasteiger partial charge < -0.3 is 20.4 Å². The number of nitrogens with zero attached hydrogens (tertiary/aromatic N) is 3. The monoisotopic (exact) mass is 361 g/mol. The highest BCUT2D eigenvalue weighted by Crippen LogP contribution is 2.17. The fraction of sp³-hybridized carbons (Fsp3) is 0.667. The van der Waals surface area contributed by atoms with Crippen molar-refractivity contribution < 1.29 is 0 Å². The summed E-state index contributed by atoms with van der Waals surface area (Å²) >= 11 is 0. The molecule has 148 valence electrons. The van der Waals surface area contributed by atoms with Crippen LogP contribution in [0.3, 0.4) is 0 Å². The number of aliphatic imine (C=N–C) groups is 1. The van der Waals surface area contributed by atoms with Gasteiger partial charge in [0.1, 0.15) is 0 Å². The lowest BCUT2D eigenvalue weighted by Gasteiger charge is -2.21. The summed E-state index contributed by atoms with van der Waals surface area (Å²) in [7, 11) is 5.97. The molecule has 0 saturated carbocycles. The van der Waals surface area contributed by atoms with Gasteiger partial charge in [0.15, 0.2) is 5.96 Å². The van der Waals surface area contributed by atoms with E-state index in [0.29, 0.717) is 6.04 Å². The summed E-state index contributed by atoms with van der Waals surface area (Å²) in [5, 5.41) is 6.95. The minimum absolute atomic E-state index is 0.411. The summed E-state index contributed by atoms with van der Waals surface area (Å²) < 4.78 is 0. The SMILES string of the molecule is CCN(CC)CCCC(C)NC(=NC)NCc1ccc(N(C)C)cc1C. The molecule has 5 nitrogen and oxygen atoms in total. The van der Waals surface area contributed by atoms with E-state index < -0.39 is 0 Å². The Hall–Kier alpha value is -1.75. The highest BCUT2D eigenvalue weighted by Gasteiger charge is 2.08. The number of guanidine groups is 1. The lowest BCUT2D eigenvalue weighted by molar-refractivity contribution is 0.292. The van der Waals surface area contributed by atoms with Crippen molar-refractivity contribution in [3.8, 4) is 0 Å². The van der Waals surface area contributed by atoms with E-state index in [1.807, 2.05) is 7.05 Å². The van der Waals surface area contributed by atoms with Crippen molar-refractivity contribution in [3.05, 3.63) is 29.3 Å². The fourth-order valence-electron chi connectivity index (χ4n) is 3.00. The molecule has 0 radical (unpaired) electrons. The smallest absolute Gasteiger partial charge is 0.191 e. The number of aryl methyl sites for hydroxylation is 1. The Bertz CT molecular complexity index is 549. The van der Waals surface area contributed by atoms with Gasteiger partial charge in [-0.3, -0.25) is 4.99 Å². The topological polar surface area (TPSA) is 42.9 Å². The minimum Gasteiger partial charge on any atom is -0.378 e. The summed E-state index contributed by atoms with van der Waals surface area (Å²) in [5.74, 6) is 0.872. The molecule has 0 aliphatic heterocycles. The summed E-state index contributed by atoms with van der Waals surface area (Å²) in [4.78, 5) is 8.97. The van der Waals surface area contributed by atoms with E-state index in [4.69, 9.17) is 0 Å². The lowest BCUT2D eigenvalue weighted by atomic mass is 10.1. The number of rotatable bonds is 10. The molecule has 1 aromatic carbocycles. The highest BCUT2D eigenvalue weighted by atomic mass is 15.2. The van der Waals surface area contributed by atoms with Crippen LogP contribution in [-0.4, -0.2) is 57.7 Å². The zero-order valence-electron chi connectivity index (χ0n) is 17.9. The first kappa shape index (κ1) is 22.3. The van der Waals surface area contributed by atoms with E-state index in [0.717, 1.165) is 32.0 Å². The second kappa shape index (κ2) is 11.8. The zero-order valence-corrected chi connectivity index (χ0v) is 17.9. The first-order valence-corrected chi connectivity index (χ1v) is 9.87.